The van der Waals surface area contributed by atoms with Gasteiger partial charge in [-0.2, -0.15) is 0 Å². The minimum absolute atomic E-state index is 0.119. The molecule has 1 heterocycles. The van der Waals surface area contributed by atoms with Crippen LogP contribution in [0.5, 0.6) is 0 Å². The number of nitrogens with one attached hydrogen (secondary N) is 1. The topological polar surface area (TPSA) is 105 Å². The molecule has 1 aliphatic heterocycles. The highest BCUT2D eigenvalue weighted by Crippen LogP contribution is 2.03. The third-order valence-electron chi connectivity index (χ3n) is 2.78. The SMILES string of the molecule is Nc1ccc(C=NC(=O)NCCN2C(=O)C=CC2=O)cc1. The predicted molar refractivity (Wildman–Crippen MR) is 77.7 cm³/mol. The van der Waals surface area contributed by atoms with Crippen molar-refractivity contribution in [1.82, 2.24) is 10.2 Å². The Bertz CT molecular complexity index is 602. The molecule has 0 atom stereocenters. The number of imide groups is 1. The van der Waals surface area contributed by atoms with E-state index in [-0.39, 0.29) is 24.9 Å². The van der Waals surface area contributed by atoms with Gasteiger partial charge >= 0.3 is 6.03 Å². The van der Waals surface area contributed by atoms with Crippen molar-refractivity contribution < 1.29 is 14.4 Å². The minimum atomic E-state index is -0.543. The minimum Gasteiger partial charge on any atom is -0.399 e. The molecule has 4 amide bonds. The van der Waals surface area contributed by atoms with Gasteiger partial charge in [0.1, 0.15) is 0 Å². The van der Waals surface area contributed by atoms with E-state index in [1.807, 2.05) is 0 Å². The summed E-state index contributed by atoms with van der Waals surface area (Å²) in [5.41, 5.74) is 6.92. The highest BCUT2D eigenvalue weighted by Gasteiger charge is 2.22. The summed E-state index contributed by atoms with van der Waals surface area (Å²) in [5, 5.41) is 2.50. The zero-order chi connectivity index (χ0) is 15.2. The van der Waals surface area contributed by atoms with E-state index >= 15 is 0 Å². The molecule has 1 aromatic carbocycles. The standard InChI is InChI=1S/C14H14N4O3/c15-11-3-1-10(2-4-11)9-17-14(21)16-7-8-18-12(19)5-6-13(18)20/h1-6,9H,7-8,15H2,(H,16,21). The number of hydrogen-bond acceptors (Lipinski definition) is 4. The fourth-order valence-corrected chi connectivity index (χ4v) is 1.69. The third kappa shape index (κ3) is 4.00. The average Bonchev–Trinajstić information content (AvgIpc) is 2.78. The molecule has 1 aromatic rings. The van der Waals surface area contributed by atoms with Gasteiger partial charge in [0.05, 0.1) is 0 Å². The van der Waals surface area contributed by atoms with Gasteiger partial charge in [0.25, 0.3) is 11.8 Å². The van der Waals surface area contributed by atoms with Gasteiger partial charge in [-0.3, -0.25) is 14.5 Å². The summed E-state index contributed by atoms with van der Waals surface area (Å²) in [6.45, 7) is 0.269. The van der Waals surface area contributed by atoms with Crippen LogP contribution in [-0.2, 0) is 9.59 Å². The molecular weight excluding hydrogens is 272 g/mol. The van der Waals surface area contributed by atoms with E-state index in [1.165, 1.54) is 18.4 Å². The maximum Gasteiger partial charge on any atom is 0.340 e. The summed E-state index contributed by atoms with van der Waals surface area (Å²) in [6, 6.07) is 6.34. The van der Waals surface area contributed by atoms with E-state index in [0.29, 0.717) is 5.69 Å². The number of amides is 4. The number of carbonyl (C=O) groups excluding carboxylic acids is 3. The molecule has 108 valence electrons. The predicted octanol–water partition coefficient (Wildman–Crippen LogP) is 0.322. The molecule has 3 N–H and O–H groups in total. The fraction of sp³-hybridized carbons (Fsp3) is 0.143. The van der Waals surface area contributed by atoms with Gasteiger partial charge in [-0.1, -0.05) is 12.1 Å². The number of rotatable bonds is 4. The lowest BCUT2D eigenvalue weighted by atomic mass is 10.2. The highest BCUT2D eigenvalue weighted by molar-refractivity contribution is 6.12. The number of benzene rings is 1. The van der Waals surface area contributed by atoms with Crippen LogP contribution >= 0.6 is 0 Å². The van der Waals surface area contributed by atoms with Gasteiger partial charge in [0.2, 0.25) is 0 Å². The Morgan fingerprint density at radius 3 is 2.43 bits per heavy atom. The monoisotopic (exact) mass is 286 g/mol. The second-order valence-corrected chi connectivity index (χ2v) is 4.32. The van der Waals surface area contributed by atoms with Gasteiger partial charge in [-0.25, -0.2) is 9.79 Å². The van der Waals surface area contributed by atoms with Crippen LogP contribution in [0.15, 0.2) is 41.4 Å². The first kappa shape index (κ1) is 14.4. The van der Waals surface area contributed by atoms with E-state index < -0.39 is 6.03 Å². The van der Waals surface area contributed by atoms with Crippen molar-refractivity contribution in [1.29, 1.82) is 0 Å². The van der Waals surface area contributed by atoms with Gasteiger partial charge in [-0.15, -0.1) is 0 Å². The zero-order valence-corrected chi connectivity index (χ0v) is 11.2. The summed E-state index contributed by atoms with van der Waals surface area (Å²) in [7, 11) is 0. The van der Waals surface area contributed by atoms with E-state index in [4.69, 9.17) is 5.73 Å². The molecule has 0 saturated carbocycles. The maximum absolute atomic E-state index is 11.5. The Balaban J connectivity index is 1.76. The number of nitrogen functional groups attached to an aromatic ring is 1. The van der Waals surface area contributed by atoms with Crippen LogP contribution in [0.25, 0.3) is 0 Å². The Morgan fingerprint density at radius 1 is 1.19 bits per heavy atom. The van der Waals surface area contributed by atoms with Crippen molar-refractivity contribution >= 4 is 29.7 Å². The molecule has 2 rings (SSSR count). The second kappa shape index (κ2) is 6.47. The molecule has 0 saturated heterocycles. The smallest absolute Gasteiger partial charge is 0.340 e. The molecule has 0 unspecified atom stereocenters. The molecule has 21 heavy (non-hydrogen) atoms. The summed E-state index contributed by atoms with van der Waals surface area (Å²) in [5.74, 6) is -0.751. The maximum atomic E-state index is 11.5. The lowest BCUT2D eigenvalue weighted by Crippen LogP contribution is -2.37. The molecule has 0 aromatic heterocycles. The summed E-state index contributed by atoms with van der Waals surface area (Å²) < 4.78 is 0. The highest BCUT2D eigenvalue weighted by atomic mass is 16.2. The van der Waals surface area contributed by atoms with Crippen molar-refractivity contribution in [3.63, 3.8) is 0 Å². The van der Waals surface area contributed by atoms with Crippen LogP contribution in [0, 0.1) is 0 Å². The van der Waals surface area contributed by atoms with Gasteiger partial charge in [0, 0.05) is 37.1 Å². The van der Waals surface area contributed by atoms with Gasteiger partial charge in [-0.05, 0) is 17.7 Å². The van der Waals surface area contributed by atoms with E-state index in [2.05, 4.69) is 10.3 Å². The van der Waals surface area contributed by atoms with E-state index in [9.17, 15) is 14.4 Å². The van der Waals surface area contributed by atoms with Crippen molar-refractivity contribution in [2.24, 2.45) is 4.99 Å². The Morgan fingerprint density at radius 2 is 1.81 bits per heavy atom. The van der Waals surface area contributed by atoms with Crippen LogP contribution in [0.2, 0.25) is 0 Å². The van der Waals surface area contributed by atoms with Crippen LogP contribution in [-0.4, -0.2) is 42.0 Å². The summed E-state index contributed by atoms with van der Waals surface area (Å²) in [6.07, 6.45) is 3.80. The number of nitrogens with zero attached hydrogens (tertiary/aromatic N) is 2. The first-order valence-corrected chi connectivity index (χ1v) is 6.27. The lowest BCUT2D eigenvalue weighted by molar-refractivity contribution is -0.136. The number of anilines is 1. The molecule has 0 fully saturated rings. The molecule has 0 bridgehead atoms. The summed E-state index contributed by atoms with van der Waals surface area (Å²) >= 11 is 0. The Hall–Kier alpha value is -2.96. The largest absolute Gasteiger partial charge is 0.399 e. The Labute approximate surface area is 121 Å². The van der Waals surface area contributed by atoms with Crippen LogP contribution in [0.3, 0.4) is 0 Å². The first-order chi connectivity index (χ1) is 10.1. The van der Waals surface area contributed by atoms with Crippen molar-refractivity contribution in [2.45, 2.75) is 0 Å². The van der Waals surface area contributed by atoms with E-state index in [0.717, 1.165) is 10.5 Å². The van der Waals surface area contributed by atoms with Gasteiger partial charge in [0.15, 0.2) is 0 Å². The molecule has 7 nitrogen and oxygen atoms in total. The van der Waals surface area contributed by atoms with Crippen molar-refractivity contribution in [3.8, 4) is 0 Å². The molecule has 7 heteroatoms. The second-order valence-electron chi connectivity index (χ2n) is 4.32. The number of aliphatic imine (C=N–C) groups is 1. The summed E-state index contributed by atoms with van der Waals surface area (Å²) in [4.78, 5) is 38.8. The lowest BCUT2D eigenvalue weighted by Gasteiger charge is -2.12. The fourth-order valence-electron chi connectivity index (χ4n) is 1.69. The molecular formula is C14H14N4O3. The number of nitrogens with two attached hydrogens (primary N) is 1. The number of hydrogen-bond donors (Lipinski definition) is 2. The van der Waals surface area contributed by atoms with Gasteiger partial charge < -0.3 is 11.1 Å². The molecule has 1 aliphatic rings. The van der Waals surface area contributed by atoms with Crippen LogP contribution in [0.1, 0.15) is 5.56 Å². The normalized spacial score (nSPS) is 14.2. The molecule has 0 radical (unpaired) electrons. The quantitative estimate of drug-likeness (QED) is 0.472. The van der Waals surface area contributed by atoms with Crippen molar-refractivity contribution in [2.75, 3.05) is 18.8 Å². The third-order valence-corrected chi connectivity index (χ3v) is 2.78. The average molecular weight is 286 g/mol. The zero-order valence-electron chi connectivity index (χ0n) is 11.2. The van der Waals surface area contributed by atoms with Crippen molar-refractivity contribution in [3.05, 3.63) is 42.0 Å². The number of carbonyl (C=O) groups is 3. The first-order valence-electron chi connectivity index (χ1n) is 6.27. The van der Waals surface area contributed by atoms with Crippen LogP contribution in [0.4, 0.5) is 10.5 Å². The number of urea groups is 1. The van der Waals surface area contributed by atoms with E-state index in [1.54, 1.807) is 24.3 Å². The van der Waals surface area contributed by atoms with Crippen LogP contribution < -0.4 is 11.1 Å². The molecule has 0 spiro atoms. The molecule has 0 aliphatic carbocycles. The Kier molecular flexibility index (Phi) is 4.45.